The molecule has 0 fully saturated rings. The Hall–Kier alpha value is -2.25. The average Bonchev–Trinajstić information content (AvgIpc) is 3.04. The van der Waals surface area contributed by atoms with Gasteiger partial charge in [-0.1, -0.05) is 43.3 Å². The predicted octanol–water partition coefficient (Wildman–Crippen LogP) is 4.40. The molecule has 0 aliphatic heterocycles. The Balaban J connectivity index is 1.94. The number of thiophene rings is 1. The number of hydrogen-bond donors (Lipinski definition) is 2. The number of benzene rings is 1. The van der Waals surface area contributed by atoms with Crippen LogP contribution in [0.1, 0.15) is 30.3 Å². The van der Waals surface area contributed by atoms with Crippen molar-refractivity contribution in [3.05, 3.63) is 52.4 Å². The number of hydrogen-bond acceptors (Lipinski definition) is 6. The Bertz CT molecular complexity index is 947. The first-order valence-corrected chi connectivity index (χ1v) is 9.52. The number of aromatic nitrogens is 1. The quantitative estimate of drug-likeness (QED) is 0.493. The number of carbonyl (C=O) groups excluding carboxylic acids is 1. The smallest absolute Gasteiger partial charge is 0.358 e. The van der Waals surface area contributed by atoms with Crippen LogP contribution in [0.3, 0.4) is 0 Å². The molecule has 25 heavy (non-hydrogen) atoms. The number of esters is 1. The second kappa shape index (κ2) is 7.76. The van der Waals surface area contributed by atoms with Gasteiger partial charge < -0.3 is 14.8 Å². The van der Waals surface area contributed by atoms with Crippen molar-refractivity contribution in [2.24, 2.45) is 0 Å². The molecule has 7 heteroatoms. The topological polar surface area (TPSA) is 79.4 Å². The van der Waals surface area contributed by atoms with Crippen LogP contribution in [-0.2, 0) is 4.74 Å². The van der Waals surface area contributed by atoms with E-state index < -0.39 is 11.5 Å². The van der Waals surface area contributed by atoms with E-state index in [4.69, 9.17) is 4.74 Å². The number of H-pyrrole nitrogens is 1. The van der Waals surface area contributed by atoms with Crippen molar-refractivity contribution in [1.82, 2.24) is 4.98 Å². The fourth-order valence-corrected chi connectivity index (χ4v) is 4.46. The minimum atomic E-state index is -0.714. The van der Waals surface area contributed by atoms with E-state index in [1.165, 1.54) is 23.1 Å². The van der Waals surface area contributed by atoms with Crippen LogP contribution in [0, 0.1) is 0 Å². The van der Waals surface area contributed by atoms with Gasteiger partial charge in [0.25, 0.3) is 5.56 Å². The fourth-order valence-electron chi connectivity index (χ4n) is 2.26. The van der Waals surface area contributed by atoms with Crippen molar-refractivity contribution >= 4 is 39.2 Å². The summed E-state index contributed by atoms with van der Waals surface area (Å²) < 4.78 is 6.33. The Morgan fingerprint density at radius 1 is 1.32 bits per heavy atom. The molecule has 2 N–H and O–H groups in total. The Morgan fingerprint density at radius 3 is 2.80 bits per heavy atom. The maximum absolute atomic E-state index is 12.3. The van der Waals surface area contributed by atoms with Gasteiger partial charge >= 0.3 is 5.97 Å². The lowest BCUT2D eigenvalue weighted by Gasteiger charge is -2.06. The number of rotatable bonds is 6. The Kier molecular flexibility index (Phi) is 5.45. The molecule has 0 spiro atoms. The standard InChI is InChI=1S/C18H17NO4S2/c1-2-3-9-23-18(22)14-15(20)12-10-13(25-16(12)17(21)19-14)24-11-7-5-4-6-8-11/h4-8,10,20H,2-3,9H2,1H3,(H,19,21). The summed E-state index contributed by atoms with van der Waals surface area (Å²) in [7, 11) is 0. The molecule has 2 aromatic heterocycles. The first kappa shape index (κ1) is 17.6. The van der Waals surface area contributed by atoms with Gasteiger partial charge in [-0.15, -0.1) is 11.3 Å². The van der Waals surface area contributed by atoms with Crippen LogP contribution in [0.15, 0.2) is 50.3 Å². The van der Waals surface area contributed by atoms with Crippen molar-refractivity contribution in [3.63, 3.8) is 0 Å². The molecule has 0 unspecified atom stereocenters. The minimum absolute atomic E-state index is 0.192. The zero-order valence-electron chi connectivity index (χ0n) is 13.6. The van der Waals surface area contributed by atoms with E-state index in [-0.39, 0.29) is 18.1 Å². The summed E-state index contributed by atoms with van der Waals surface area (Å²) in [4.78, 5) is 27.8. The highest BCUT2D eigenvalue weighted by Crippen LogP contribution is 2.39. The molecule has 0 saturated heterocycles. The summed E-state index contributed by atoms with van der Waals surface area (Å²) >= 11 is 2.78. The van der Waals surface area contributed by atoms with Gasteiger partial charge in [-0.05, 0) is 24.6 Å². The number of nitrogens with one attached hydrogen (secondary N) is 1. The highest BCUT2D eigenvalue weighted by molar-refractivity contribution is 8.01. The zero-order valence-corrected chi connectivity index (χ0v) is 15.2. The van der Waals surface area contributed by atoms with E-state index >= 15 is 0 Å². The molecule has 0 aliphatic carbocycles. The normalized spacial score (nSPS) is 10.9. The third-order valence-electron chi connectivity index (χ3n) is 3.54. The van der Waals surface area contributed by atoms with Gasteiger partial charge in [-0.3, -0.25) is 4.79 Å². The molecule has 130 valence electrons. The summed E-state index contributed by atoms with van der Waals surface area (Å²) in [5.74, 6) is -0.958. The lowest BCUT2D eigenvalue weighted by Crippen LogP contribution is -2.15. The molecule has 1 aromatic carbocycles. The van der Waals surface area contributed by atoms with E-state index in [0.717, 1.165) is 21.9 Å². The zero-order chi connectivity index (χ0) is 17.8. The highest BCUT2D eigenvalue weighted by Gasteiger charge is 2.20. The second-order valence-corrected chi connectivity index (χ2v) is 7.82. The third kappa shape index (κ3) is 3.88. The molecule has 3 aromatic rings. The molecule has 0 radical (unpaired) electrons. The molecular formula is C18H17NO4S2. The number of aromatic hydroxyl groups is 1. The first-order chi connectivity index (χ1) is 12.1. The number of unbranched alkanes of at least 4 members (excludes halogenated alkanes) is 1. The van der Waals surface area contributed by atoms with Gasteiger partial charge in [-0.2, -0.15) is 0 Å². The fraction of sp³-hybridized carbons (Fsp3) is 0.222. The van der Waals surface area contributed by atoms with Crippen LogP contribution >= 0.6 is 23.1 Å². The summed E-state index contributed by atoms with van der Waals surface area (Å²) in [5, 5.41) is 10.8. The predicted molar refractivity (Wildman–Crippen MR) is 99.9 cm³/mol. The minimum Gasteiger partial charge on any atom is -0.505 e. The third-order valence-corrected chi connectivity index (χ3v) is 5.80. The van der Waals surface area contributed by atoms with Crippen LogP contribution in [0.2, 0.25) is 0 Å². The Morgan fingerprint density at radius 2 is 2.08 bits per heavy atom. The van der Waals surface area contributed by atoms with Crippen LogP contribution in [0.25, 0.3) is 10.1 Å². The number of carbonyl (C=O) groups is 1. The van der Waals surface area contributed by atoms with Gasteiger partial charge in [0.2, 0.25) is 0 Å². The highest BCUT2D eigenvalue weighted by atomic mass is 32.2. The maximum Gasteiger partial charge on any atom is 0.358 e. The lowest BCUT2D eigenvalue weighted by atomic mass is 10.2. The molecule has 3 rings (SSSR count). The van der Waals surface area contributed by atoms with Crippen LogP contribution < -0.4 is 5.56 Å². The molecular weight excluding hydrogens is 358 g/mol. The van der Waals surface area contributed by atoms with Crippen LogP contribution in [-0.4, -0.2) is 22.7 Å². The number of fused-ring (bicyclic) bond motifs is 1. The van der Waals surface area contributed by atoms with E-state index in [1.54, 1.807) is 6.07 Å². The van der Waals surface area contributed by atoms with Crippen molar-refractivity contribution in [3.8, 4) is 5.75 Å². The van der Waals surface area contributed by atoms with E-state index in [1.807, 2.05) is 37.3 Å². The molecule has 2 heterocycles. The summed E-state index contributed by atoms with van der Waals surface area (Å²) in [6, 6.07) is 11.5. The Labute approximate surface area is 152 Å². The molecule has 0 atom stereocenters. The van der Waals surface area contributed by atoms with Gasteiger partial charge in [-0.25, -0.2) is 4.79 Å². The van der Waals surface area contributed by atoms with Gasteiger partial charge in [0, 0.05) is 10.3 Å². The van der Waals surface area contributed by atoms with Crippen LogP contribution in [0.5, 0.6) is 5.75 Å². The average molecular weight is 375 g/mol. The number of aromatic amines is 1. The second-order valence-electron chi connectivity index (χ2n) is 5.39. The van der Waals surface area contributed by atoms with Crippen molar-refractivity contribution in [2.75, 3.05) is 6.61 Å². The van der Waals surface area contributed by atoms with Crippen LogP contribution in [0.4, 0.5) is 0 Å². The summed E-state index contributed by atoms with van der Waals surface area (Å²) in [6.07, 6.45) is 1.62. The van der Waals surface area contributed by atoms with Gasteiger partial charge in [0.1, 0.15) is 4.70 Å². The van der Waals surface area contributed by atoms with Crippen molar-refractivity contribution in [2.45, 2.75) is 28.9 Å². The van der Waals surface area contributed by atoms with Crippen molar-refractivity contribution in [1.29, 1.82) is 0 Å². The summed E-state index contributed by atoms with van der Waals surface area (Å²) in [6.45, 7) is 2.24. The molecule has 5 nitrogen and oxygen atoms in total. The van der Waals surface area contributed by atoms with E-state index in [2.05, 4.69) is 4.98 Å². The first-order valence-electron chi connectivity index (χ1n) is 7.89. The summed E-state index contributed by atoms with van der Waals surface area (Å²) in [5.41, 5.74) is -0.595. The molecule has 0 amide bonds. The largest absolute Gasteiger partial charge is 0.505 e. The molecule has 0 saturated carbocycles. The molecule has 0 aliphatic rings. The lowest BCUT2D eigenvalue weighted by molar-refractivity contribution is 0.0489. The SMILES string of the molecule is CCCCOC(=O)c1[nH]c(=O)c2sc(Sc3ccccc3)cc2c1O. The van der Waals surface area contributed by atoms with E-state index in [0.29, 0.717) is 10.1 Å². The maximum atomic E-state index is 12.3. The van der Waals surface area contributed by atoms with Gasteiger partial charge in [0.15, 0.2) is 11.4 Å². The van der Waals surface area contributed by atoms with Gasteiger partial charge in [0.05, 0.1) is 10.8 Å². The monoisotopic (exact) mass is 375 g/mol. The number of pyridine rings is 1. The number of ether oxygens (including phenoxy) is 1. The van der Waals surface area contributed by atoms with Crippen molar-refractivity contribution < 1.29 is 14.6 Å². The van der Waals surface area contributed by atoms with E-state index in [9.17, 15) is 14.7 Å². The molecule has 0 bridgehead atoms.